The van der Waals surface area contributed by atoms with Gasteiger partial charge < -0.3 is 0 Å². The van der Waals surface area contributed by atoms with Gasteiger partial charge in [-0.05, 0) is 94.4 Å². The maximum atomic E-state index is 2.33. The molecule has 0 aromatic heterocycles. The molecule has 0 aliphatic rings. The maximum absolute atomic E-state index is 2.33. The van der Waals surface area contributed by atoms with Crippen molar-refractivity contribution in [2.75, 3.05) is 0 Å². The fourth-order valence-corrected chi connectivity index (χ4v) is 7.70. The van der Waals surface area contributed by atoms with Gasteiger partial charge in [-0.2, -0.15) is 0 Å². The standard InChI is InChI=1S/C51H36/c1-3-15-37(16-4-1)38-30-32-41(33-31-38)44-22-9-7-17-39(44)21-13-14-36-26-28-43(29-27-36)49-46-24-11-12-25-47(46)50(42-19-5-2-6-20-42)51-45-23-10-8-18-40(45)34-35-48(49)51/h1-20,22-35H,21H2/b14-13+. The molecule has 0 bridgehead atoms. The molecule has 0 radical (unpaired) electrons. The van der Waals surface area contributed by atoms with Crippen LogP contribution in [0.3, 0.4) is 0 Å². The van der Waals surface area contributed by atoms with Crippen molar-refractivity contribution >= 4 is 38.4 Å². The lowest BCUT2D eigenvalue weighted by Gasteiger charge is -2.19. The van der Waals surface area contributed by atoms with E-state index in [0.29, 0.717) is 0 Å². The second-order valence-corrected chi connectivity index (χ2v) is 13.2. The molecule has 51 heavy (non-hydrogen) atoms. The van der Waals surface area contributed by atoms with Crippen molar-refractivity contribution < 1.29 is 0 Å². The Morgan fingerprint density at radius 1 is 0.333 bits per heavy atom. The Balaban J connectivity index is 1.06. The highest BCUT2D eigenvalue weighted by Crippen LogP contribution is 2.46. The number of allylic oxidation sites excluding steroid dienone is 1. The molecule has 9 rings (SSSR count). The SMILES string of the molecule is C(=C\c1ccc(-c2c3ccccc3c(-c3ccccc3)c3c2ccc2ccccc23)cc1)/Cc1ccccc1-c1ccc(-c2ccccc2)cc1. The van der Waals surface area contributed by atoms with E-state index in [4.69, 9.17) is 0 Å². The van der Waals surface area contributed by atoms with Crippen LogP contribution in [0, 0.1) is 0 Å². The van der Waals surface area contributed by atoms with E-state index in [2.05, 4.69) is 206 Å². The van der Waals surface area contributed by atoms with Crippen molar-refractivity contribution in [3.05, 3.63) is 211 Å². The van der Waals surface area contributed by atoms with Crippen LogP contribution in [0.4, 0.5) is 0 Å². The first-order valence-electron chi connectivity index (χ1n) is 17.7. The monoisotopic (exact) mass is 648 g/mol. The molecule has 0 N–H and O–H groups in total. The van der Waals surface area contributed by atoms with Gasteiger partial charge in [0, 0.05) is 0 Å². The highest BCUT2D eigenvalue weighted by atomic mass is 14.2. The van der Waals surface area contributed by atoms with E-state index in [1.54, 1.807) is 0 Å². The lowest BCUT2D eigenvalue weighted by Crippen LogP contribution is -1.92. The normalized spacial score (nSPS) is 11.5. The summed E-state index contributed by atoms with van der Waals surface area (Å²) >= 11 is 0. The van der Waals surface area contributed by atoms with Crippen LogP contribution in [-0.4, -0.2) is 0 Å². The van der Waals surface area contributed by atoms with Gasteiger partial charge in [-0.25, -0.2) is 0 Å². The first-order chi connectivity index (χ1) is 25.3. The molecular weight excluding hydrogens is 613 g/mol. The van der Waals surface area contributed by atoms with Crippen LogP contribution in [0.15, 0.2) is 200 Å². The Morgan fingerprint density at radius 2 is 0.863 bits per heavy atom. The van der Waals surface area contributed by atoms with E-state index in [-0.39, 0.29) is 0 Å². The molecule has 9 aromatic rings. The Hall–Kier alpha value is -6.50. The third kappa shape index (κ3) is 5.82. The Labute approximate surface area is 299 Å². The molecule has 0 spiro atoms. The van der Waals surface area contributed by atoms with Crippen LogP contribution in [0.5, 0.6) is 0 Å². The van der Waals surface area contributed by atoms with E-state index in [0.717, 1.165) is 6.42 Å². The quantitative estimate of drug-likeness (QED) is 0.119. The van der Waals surface area contributed by atoms with Gasteiger partial charge in [0.2, 0.25) is 0 Å². The maximum Gasteiger partial charge on any atom is -0.00141 e. The topological polar surface area (TPSA) is 0 Å². The van der Waals surface area contributed by atoms with Crippen molar-refractivity contribution in [2.24, 2.45) is 0 Å². The average Bonchev–Trinajstić information content (AvgIpc) is 3.21. The van der Waals surface area contributed by atoms with Crippen molar-refractivity contribution in [1.82, 2.24) is 0 Å². The van der Waals surface area contributed by atoms with Gasteiger partial charge in [-0.1, -0.05) is 206 Å². The number of rotatable bonds is 7. The molecule has 0 aliphatic carbocycles. The molecule has 0 aliphatic heterocycles. The summed E-state index contributed by atoms with van der Waals surface area (Å²) in [4.78, 5) is 0. The van der Waals surface area contributed by atoms with E-state index in [1.165, 1.54) is 88.0 Å². The molecule has 240 valence electrons. The summed E-state index contributed by atoms with van der Waals surface area (Å²) in [6.07, 6.45) is 5.40. The van der Waals surface area contributed by atoms with Crippen LogP contribution >= 0.6 is 0 Å². The van der Waals surface area contributed by atoms with Crippen molar-refractivity contribution in [2.45, 2.75) is 6.42 Å². The molecule has 0 nitrogen and oxygen atoms in total. The minimum absolute atomic E-state index is 0.863. The summed E-state index contributed by atoms with van der Waals surface area (Å²) in [5.74, 6) is 0. The molecule has 0 unspecified atom stereocenters. The van der Waals surface area contributed by atoms with Crippen LogP contribution < -0.4 is 0 Å². The molecule has 0 fully saturated rings. The molecular formula is C51H36. The van der Waals surface area contributed by atoms with Crippen LogP contribution in [0.25, 0.3) is 82.9 Å². The summed E-state index contributed by atoms with van der Waals surface area (Å²) in [5, 5.41) is 7.69. The third-order valence-electron chi connectivity index (χ3n) is 10.1. The fraction of sp³-hybridized carbons (Fsp3) is 0.0196. The zero-order chi connectivity index (χ0) is 34.0. The van der Waals surface area contributed by atoms with Gasteiger partial charge in [-0.15, -0.1) is 0 Å². The minimum Gasteiger partial charge on any atom is -0.0795 e. The van der Waals surface area contributed by atoms with E-state index < -0.39 is 0 Å². The first-order valence-corrected chi connectivity index (χ1v) is 17.7. The number of benzene rings is 9. The van der Waals surface area contributed by atoms with Crippen molar-refractivity contribution in [3.8, 4) is 44.5 Å². The number of hydrogen-bond donors (Lipinski definition) is 0. The fourth-order valence-electron chi connectivity index (χ4n) is 7.70. The lowest BCUT2D eigenvalue weighted by molar-refractivity contribution is 1.28. The van der Waals surface area contributed by atoms with E-state index in [1.807, 2.05) is 0 Å². The summed E-state index contributed by atoms with van der Waals surface area (Å²) in [5.41, 5.74) is 12.6. The number of hydrogen-bond acceptors (Lipinski definition) is 0. The third-order valence-corrected chi connectivity index (χ3v) is 10.1. The largest absolute Gasteiger partial charge is 0.0795 e. The molecule has 0 saturated carbocycles. The Morgan fingerprint density at radius 3 is 1.61 bits per heavy atom. The Kier molecular flexibility index (Phi) is 8.04. The predicted octanol–water partition coefficient (Wildman–Crippen LogP) is 14.1. The zero-order valence-corrected chi connectivity index (χ0v) is 28.3. The zero-order valence-electron chi connectivity index (χ0n) is 28.3. The highest BCUT2D eigenvalue weighted by molar-refractivity contribution is 6.27. The first kappa shape index (κ1) is 30.6. The van der Waals surface area contributed by atoms with Crippen LogP contribution in [-0.2, 0) is 6.42 Å². The van der Waals surface area contributed by atoms with E-state index in [9.17, 15) is 0 Å². The summed E-state index contributed by atoms with van der Waals surface area (Å²) in [7, 11) is 0. The Bertz CT molecular complexity index is 2660. The molecule has 0 heterocycles. The molecule has 0 saturated heterocycles. The summed E-state index contributed by atoms with van der Waals surface area (Å²) < 4.78 is 0. The van der Waals surface area contributed by atoms with Gasteiger partial charge >= 0.3 is 0 Å². The van der Waals surface area contributed by atoms with Crippen LogP contribution in [0.2, 0.25) is 0 Å². The second-order valence-electron chi connectivity index (χ2n) is 13.2. The van der Waals surface area contributed by atoms with E-state index >= 15 is 0 Å². The molecule has 9 aromatic carbocycles. The minimum atomic E-state index is 0.863. The molecule has 0 amide bonds. The highest BCUT2D eigenvalue weighted by Gasteiger charge is 2.18. The van der Waals surface area contributed by atoms with Gasteiger partial charge in [0.1, 0.15) is 0 Å². The molecule has 0 heteroatoms. The van der Waals surface area contributed by atoms with Crippen molar-refractivity contribution in [1.29, 1.82) is 0 Å². The average molecular weight is 649 g/mol. The smallest absolute Gasteiger partial charge is 0.00141 e. The van der Waals surface area contributed by atoms with Crippen LogP contribution in [0.1, 0.15) is 11.1 Å². The summed E-state index contributed by atoms with van der Waals surface area (Å²) in [6.45, 7) is 0. The van der Waals surface area contributed by atoms with Crippen molar-refractivity contribution in [3.63, 3.8) is 0 Å². The molecule has 0 atom stereocenters. The van der Waals surface area contributed by atoms with Gasteiger partial charge in [0.15, 0.2) is 0 Å². The van der Waals surface area contributed by atoms with Gasteiger partial charge in [0.25, 0.3) is 0 Å². The second kappa shape index (κ2) is 13.4. The lowest BCUT2D eigenvalue weighted by atomic mass is 9.84. The number of fused-ring (bicyclic) bond motifs is 4. The predicted molar refractivity (Wildman–Crippen MR) is 220 cm³/mol. The van der Waals surface area contributed by atoms with Gasteiger partial charge in [-0.3, -0.25) is 0 Å². The summed E-state index contributed by atoms with van der Waals surface area (Å²) in [6, 6.07) is 70.5. The van der Waals surface area contributed by atoms with Gasteiger partial charge in [0.05, 0.1) is 0 Å².